The summed E-state index contributed by atoms with van der Waals surface area (Å²) in [4.78, 5) is 28.5. The number of sulfonamides is 1. The van der Waals surface area contributed by atoms with Crippen molar-refractivity contribution >= 4 is 50.7 Å². The standard InChI is InChI=1S/C31H37Cl2N3O4S/c1-21(2)18-34-31(38)23(5)35(19-24-11-16-28(32)29(33)17-24)30(37)20-36(26-14-12-25(13-15-26)22(3)4)41(39,40)27-9-7-6-8-10-27/h6-17,21-23H,18-20H2,1-5H3,(H,34,38). The molecule has 3 aromatic carbocycles. The number of hydrogen-bond donors (Lipinski definition) is 1. The molecule has 41 heavy (non-hydrogen) atoms. The number of halogens is 2. The van der Waals surface area contributed by atoms with Gasteiger partial charge in [-0.05, 0) is 66.3 Å². The average Bonchev–Trinajstić information content (AvgIpc) is 2.95. The van der Waals surface area contributed by atoms with Crippen molar-refractivity contribution in [3.05, 3.63) is 94.0 Å². The molecule has 0 heterocycles. The van der Waals surface area contributed by atoms with E-state index in [0.29, 0.717) is 27.8 Å². The summed E-state index contributed by atoms with van der Waals surface area (Å²) in [6.45, 7) is 9.61. The Morgan fingerprint density at radius 3 is 2.05 bits per heavy atom. The predicted molar refractivity (Wildman–Crippen MR) is 166 cm³/mol. The van der Waals surface area contributed by atoms with Crippen molar-refractivity contribution in [2.75, 3.05) is 17.4 Å². The number of carbonyl (C=O) groups excluding carboxylic acids is 2. The van der Waals surface area contributed by atoms with Crippen LogP contribution in [0, 0.1) is 5.92 Å². The van der Waals surface area contributed by atoms with Crippen LogP contribution in [0.3, 0.4) is 0 Å². The van der Waals surface area contributed by atoms with Crippen LogP contribution in [0.4, 0.5) is 5.69 Å². The Balaban J connectivity index is 2.03. The molecular formula is C31H37Cl2N3O4S. The van der Waals surface area contributed by atoms with Crippen molar-refractivity contribution in [2.45, 2.75) is 58.0 Å². The summed E-state index contributed by atoms with van der Waals surface area (Å²) < 4.78 is 28.8. The molecule has 0 aliphatic rings. The van der Waals surface area contributed by atoms with Gasteiger partial charge in [0.05, 0.1) is 20.6 Å². The molecule has 0 spiro atoms. The fourth-order valence-electron chi connectivity index (χ4n) is 4.14. The molecule has 0 aliphatic carbocycles. The Morgan fingerprint density at radius 2 is 1.49 bits per heavy atom. The van der Waals surface area contributed by atoms with Crippen LogP contribution in [-0.4, -0.2) is 44.3 Å². The molecule has 0 fully saturated rings. The molecular weight excluding hydrogens is 581 g/mol. The first kappa shape index (κ1) is 32.4. The number of hydrogen-bond acceptors (Lipinski definition) is 4. The Labute approximate surface area is 253 Å². The third-order valence-electron chi connectivity index (χ3n) is 6.65. The molecule has 2 amide bonds. The van der Waals surface area contributed by atoms with Gasteiger partial charge in [0.2, 0.25) is 11.8 Å². The van der Waals surface area contributed by atoms with Crippen molar-refractivity contribution in [1.29, 1.82) is 0 Å². The summed E-state index contributed by atoms with van der Waals surface area (Å²) in [5.74, 6) is -0.427. The fraction of sp³-hybridized carbons (Fsp3) is 0.355. The maximum Gasteiger partial charge on any atom is 0.264 e. The molecule has 0 radical (unpaired) electrons. The first-order valence-electron chi connectivity index (χ1n) is 13.5. The lowest BCUT2D eigenvalue weighted by Gasteiger charge is -2.32. The average molecular weight is 619 g/mol. The van der Waals surface area contributed by atoms with Crippen LogP contribution in [0.2, 0.25) is 10.0 Å². The summed E-state index contributed by atoms with van der Waals surface area (Å²) in [6, 6.07) is 19.2. The normalized spacial score (nSPS) is 12.3. The van der Waals surface area contributed by atoms with Gasteiger partial charge in [-0.15, -0.1) is 0 Å². The lowest BCUT2D eigenvalue weighted by molar-refractivity contribution is -0.139. The lowest BCUT2D eigenvalue weighted by atomic mass is 10.0. The van der Waals surface area contributed by atoms with E-state index in [4.69, 9.17) is 23.2 Å². The Bertz CT molecular complexity index is 1450. The number of amides is 2. The van der Waals surface area contributed by atoms with E-state index in [1.54, 1.807) is 55.5 Å². The Hall–Kier alpha value is -3.07. The van der Waals surface area contributed by atoms with Gasteiger partial charge in [0, 0.05) is 13.1 Å². The van der Waals surface area contributed by atoms with E-state index in [9.17, 15) is 18.0 Å². The second-order valence-electron chi connectivity index (χ2n) is 10.7. The van der Waals surface area contributed by atoms with Crippen LogP contribution in [0.15, 0.2) is 77.7 Å². The molecule has 1 N–H and O–H groups in total. The predicted octanol–water partition coefficient (Wildman–Crippen LogP) is 6.50. The first-order valence-corrected chi connectivity index (χ1v) is 15.7. The minimum absolute atomic E-state index is 0.0253. The molecule has 10 heteroatoms. The molecule has 220 valence electrons. The van der Waals surface area contributed by atoms with Crippen LogP contribution in [0.1, 0.15) is 51.7 Å². The van der Waals surface area contributed by atoms with E-state index >= 15 is 0 Å². The van der Waals surface area contributed by atoms with Gasteiger partial charge in [-0.25, -0.2) is 8.42 Å². The van der Waals surface area contributed by atoms with E-state index in [1.807, 2.05) is 39.8 Å². The van der Waals surface area contributed by atoms with E-state index in [2.05, 4.69) is 5.32 Å². The van der Waals surface area contributed by atoms with Crippen LogP contribution < -0.4 is 9.62 Å². The van der Waals surface area contributed by atoms with E-state index in [1.165, 1.54) is 17.0 Å². The van der Waals surface area contributed by atoms with Gasteiger partial charge in [0.15, 0.2) is 0 Å². The highest BCUT2D eigenvalue weighted by molar-refractivity contribution is 7.92. The second kappa shape index (κ2) is 14.2. The SMILES string of the molecule is CC(C)CNC(=O)C(C)N(Cc1ccc(Cl)c(Cl)c1)C(=O)CN(c1ccc(C(C)C)cc1)S(=O)(=O)c1ccccc1. The van der Waals surface area contributed by atoms with Crippen LogP contribution >= 0.6 is 23.2 Å². The number of carbonyl (C=O) groups is 2. The van der Waals surface area contributed by atoms with E-state index < -0.39 is 28.5 Å². The highest BCUT2D eigenvalue weighted by atomic mass is 35.5. The second-order valence-corrected chi connectivity index (χ2v) is 13.3. The molecule has 1 atom stereocenters. The van der Waals surface area contributed by atoms with Gasteiger partial charge in [-0.2, -0.15) is 0 Å². The van der Waals surface area contributed by atoms with E-state index in [-0.39, 0.29) is 29.2 Å². The van der Waals surface area contributed by atoms with Crippen LogP contribution in [0.25, 0.3) is 0 Å². The highest BCUT2D eigenvalue weighted by Gasteiger charge is 2.32. The molecule has 1 unspecified atom stereocenters. The zero-order valence-electron chi connectivity index (χ0n) is 24.0. The maximum atomic E-state index is 14.0. The highest BCUT2D eigenvalue weighted by Crippen LogP contribution is 2.27. The summed E-state index contributed by atoms with van der Waals surface area (Å²) in [7, 11) is -4.12. The monoisotopic (exact) mass is 617 g/mol. The minimum Gasteiger partial charge on any atom is -0.354 e. The molecule has 0 aromatic heterocycles. The number of rotatable bonds is 12. The van der Waals surface area contributed by atoms with Crippen LogP contribution in [0.5, 0.6) is 0 Å². The largest absolute Gasteiger partial charge is 0.354 e. The molecule has 0 aliphatic heterocycles. The summed E-state index contributed by atoms with van der Waals surface area (Å²) in [5.41, 5.74) is 2.03. The smallest absolute Gasteiger partial charge is 0.264 e. The van der Waals surface area contributed by atoms with Gasteiger partial charge in [0.1, 0.15) is 12.6 Å². The molecule has 3 aromatic rings. The third-order valence-corrected chi connectivity index (χ3v) is 9.17. The molecule has 7 nitrogen and oxygen atoms in total. The van der Waals surface area contributed by atoms with Gasteiger partial charge in [-0.3, -0.25) is 13.9 Å². The number of anilines is 1. The summed E-state index contributed by atoms with van der Waals surface area (Å²) in [6.07, 6.45) is 0. The number of nitrogens with one attached hydrogen (secondary N) is 1. The van der Waals surface area contributed by atoms with Crippen molar-refractivity contribution in [3.63, 3.8) is 0 Å². The van der Waals surface area contributed by atoms with Crippen molar-refractivity contribution in [2.24, 2.45) is 5.92 Å². The van der Waals surface area contributed by atoms with Gasteiger partial charge in [-0.1, -0.05) is 87.3 Å². The zero-order valence-corrected chi connectivity index (χ0v) is 26.3. The van der Waals surface area contributed by atoms with Crippen molar-refractivity contribution in [1.82, 2.24) is 10.2 Å². The molecule has 3 rings (SSSR count). The summed E-state index contributed by atoms with van der Waals surface area (Å²) in [5, 5.41) is 3.54. The zero-order chi connectivity index (χ0) is 30.3. The number of nitrogens with zero attached hydrogens (tertiary/aromatic N) is 2. The summed E-state index contributed by atoms with van der Waals surface area (Å²) >= 11 is 12.3. The maximum absolute atomic E-state index is 14.0. The van der Waals surface area contributed by atoms with Crippen molar-refractivity contribution < 1.29 is 18.0 Å². The van der Waals surface area contributed by atoms with Crippen molar-refractivity contribution in [3.8, 4) is 0 Å². The van der Waals surface area contributed by atoms with Gasteiger partial charge in [0.25, 0.3) is 10.0 Å². The Morgan fingerprint density at radius 1 is 0.854 bits per heavy atom. The van der Waals surface area contributed by atoms with E-state index in [0.717, 1.165) is 9.87 Å². The molecule has 0 saturated carbocycles. The van der Waals surface area contributed by atoms with Gasteiger partial charge < -0.3 is 10.2 Å². The quantitative estimate of drug-likeness (QED) is 0.251. The Kier molecular flexibility index (Phi) is 11.2. The third kappa shape index (κ3) is 8.47. The minimum atomic E-state index is -4.12. The first-order chi connectivity index (χ1) is 19.3. The number of benzene rings is 3. The van der Waals surface area contributed by atoms with Crippen LogP contribution in [-0.2, 0) is 26.2 Å². The molecule has 0 saturated heterocycles. The topological polar surface area (TPSA) is 86.8 Å². The molecule has 0 bridgehead atoms. The fourth-order valence-corrected chi connectivity index (χ4v) is 5.90. The van der Waals surface area contributed by atoms with Gasteiger partial charge >= 0.3 is 0 Å². The lowest BCUT2D eigenvalue weighted by Crippen LogP contribution is -2.51.